The summed E-state index contributed by atoms with van der Waals surface area (Å²) in [4.78, 5) is 5.40. The van der Waals surface area contributed by atoms with Crippen LogP contribution in [0.4, 0.5) is 0 Å². The fourth-order valence-corrected chi connectivity index (χ4v) is 3.26. The zero-order chi connectivity index (χ0) is 15.3. The normalized spacial score (nSPS) is 20.9. The van der Waals surface area contributed by atoms with E-state index >= 15 is 0 Å². The lowest BCUT2D eigenvalue weighted by Gasteiger charge is -2.17. The van der Waals surface area contributed by atoms with E-state index in [0.29, 0.717) is 12.5 Å². The maximum absolute atomic E-state index is 5.90. The van der Waals surface area contributed by atoms with Gasteiger partial charge in [0.15, 0.2) is 5.60 Å². The van der Waals surface area contributed by atoms with Crippen LogP contribution in [0.1, 0.15) is 25.8 Å². The van der Waals surface area contributed by atoms with Crippen molar-refractivity contribution in [3.05, 3.63) is 23.8 Å². The Morgan fingerprint density at radius 2 is 2.19 bits per heavy atom. The highest BCUT2D eigenvalue weighted by Gasteiger charge is 2.33. The number of alkyl halides is 1. The van der Waals surface area contributed by atoms with Crippen LogP contribution in [0.25, 0.3) is 0 Å². The Balaban J connectivity index is 2.06. The molecule has 1 aliphatic rings. The van der Waals surface area contributed by atoms with E-state index < -0.39 is 0 Å². The van der Waals surface area contributed by atoms with Crippen LogP contribution in [0.2, 0.25) is 0 Å². The molecule has 0 bridgehead atoms. The molecule has 0 saturated heterocycles. The molecule has 0 aliphatic carbocycles. The maximum Gasteiger partial charge on any atom is 0.154 e. The van der Waals surface area contributed by atoms with E-state index in [2.05, 4.69) is 5.16 Å². The molecule has 1 aromatic rings. The van der Waals surface area contributed by atoms with Crippen LogP contribution in [-0.4, -0.2) is 30.2 Å². The molecule has 1 heterocycles. The maximum atomic E-state index is 5.90. The third kappa shape index (κ3) is 3.98. The van der Waals surface area contributed by atoms with Crippen LogP contribution in [-0.2, 0) is 10.6 Å². The summed E-state index contributed by atoms with van der Waals surface area (Å²) in [7, 11) is 1.67. The van der Waals surface area contributed by atoms with Gasteiger partial charge in [0.05, 0.1) is 19.6 Å². The average Bonchev–Trinajstić information content (AvgIpc) is 2.88. The first-order chi connectivity index (χ1) is 10.1. The number of benzene rings is 1. The molecule has 6 heteroatoms. The highest BCUT2D eigenvalue weighted by Crippen LogP contribution is 2.35. The number of ether oxygens (including phenoxy) is 2. The number of oxime groups is 1. The lowest BCUT2D eigenvalue weighted by Crippen LogP contribution is -2.26. The molecule has 116 valence electrons. The monoisotopic (exact) mass is 329 g/mol. The summed E-state index contributed by atoms with van der Waals surface area (Å²) in [5.74, 6) is 2.83. The van der Waals surface area contributed by atoms with Gasteiger partial charge in [0.1, 0.15) is 16.5 Å². The SMILES string of the molecule is CCOc1cccc(OC)c1CSC1=NOC(C)(CCl)C1. The highest BCUT2D eigenvalue weighted by atomic mass is 35.5. The van der Waals surface area contributed by atoms with Crippen molar-refractivity contribution in [2.24, 2.45) is 5.16 Å². The lowest BCUT2D eigenvalue weighted by molar-refractivity contribution is 0.0152. The van der Waals surface area contributed by atoms with Crippen LogP contribution in [0.5, 0.6) is 11.5 Å². The molecule has 0 amide bonds. The zero-order valence-corrected chi connectivity index (χ0v) is 14.1. The van der Waals surface area contributed by atoms with Crippen LogP contribution in [0.15, 0.2) is 23.4 Å². The Labute approximate surface area is 134 Å². The van der Waals surface area contributed by atoms with Gasteiger partial charge in [0.25, 0.3) is 0 Å². The first-order valence-electron chi connectivity index (χ1n) is 6.84. The fraction of sp³-hybridized carbons (Fsp3) is 0.533. The van der Waals surface area contributed by atoms with Crippen LogP contribution in [0, 0.1) is 0 Å². The minimum atomic E-state index is -0.382. The number of hydrogen-bond acceptors (Lipinski definition) is 5. The number of nitrogens with zero attached hydrogens (tertiary/aromatic N) is 1. The number of halogens is 1. The Bertz CT molecular complexity index is 524. The van der Waals surface area contributed by atoms with Crippen molar-refractivity contribution in [3.63, 3.8) is 0 Å². The summed E-state index contributed by atoms with van der Waals surface area (Å²) in [6.07, 6.45) is 0.736. The summed E-state index contributed by atoms with van der Waals surface area (Å²) in [5.41, 5.74) is 0.655. The average molecular weight is 330 g/mol. The molecule has 1 aliphatic heterocycles. The molecule has 0 N–H and O–H groups in total. The molecule has 1 unspecified atom stereocenters. The Kier molecular flexibility index (Phi) is 5.65. The minimum Gasteiger partial charge on any atom is -0.496 e. The van der Waals surface area contributed by atoms with Crippen molar-refractivity contribution in [2.45, 2.75) is 31.6 Å². The van der Waals surface area contributed by atoms with Gasteiger partial charge >= 0.3 is 0 Å². The van der Waals surface area contributed by atoms with Gasteiger partial charge in [-0.25, -0.2) is 0 Å². The summed E-state index contributed by atoms with van der Waals surface area (Å²) in [5, 5.41) is 5.07. The number of thioether (sulfide) groups is 1. The largest absolute Gasteiger partial charge is 0.496 e. The molecule has 2 rings (SSSR count). The predicted molar refractivity (Wildman–Crippen MR) is 87.7 cm³/mol. The Hall–Kier alpha value is -1.07. The predicted octanol–water partition coefficient (Wildman–Crippen LogP) is 4.06. The summed E-state index contributed by atoms with van der Waals surface area (Å²) >= 11 is 7.53. The van der Waals surface area contributed by atoms with E-state index in [-0.39, 0.29) is 5.60 Å². The molecule has 0 aromatic heterocycles. The van der Waals surface area contributed by atoms with E-state index in [1.165, 1.54) is 0 Å². The highest BCUT2D eigenvalue weighted by molar-refractivity contribution is 8.13. The molecule has 0 spiro atoms. The van der Waals surface area contributed by atoms with Gasteiger partial charge in [-0.05, 0) is 26.0 Å². The molecule has 0 fully saturated rings. The van der Waals surface area contributed by atoms with E-state index in [1.807, 2.05) is 32.0 Å². The number of hydrogen-bond donors (Lipinski definition) is 0. The quantitative estimate of drug-likeness (QED) is 0.738. The number of methoxy groups -OCH3 is 1. The second-order valence-corrected chi connectivity index (χ2v) is 6.31. The molecule has 0 saturated carbocycles. The van der Waals surface area contributed by atoms with Crippen LogP contribution in [0.3, 0.4) is 0 Å². The lowest BCUT2D eigenvalue weighted by atomic mass is 10.1. The van der Waals surface area contributed by atoms with E-state index in [9.17, 15) is 0 Å². The van der Waals surface area contributed by atoms with Crippen LogP contribution < -0.4 is 9.47 Å². The van der Waals surface area contributed by atoms with E-state index in [1.54, 1.807) is 18.9 Å². The topological polar surface area (TPSA) is 40.0 Å². The van der Waals surface area contributed by atoms with Gasteiger partial charge in [0, 0.05) is 17.7 Å². The number of rotatable bonds is 6. The molecule has 4 nitrogen and oxygen atoms in total. The van der Waals surface area contributed by atoms with Gasteiger partial charge in [0.2, 0.25) is 0 Å². The van der Waals surface area contributed by atoms with E-state index in [0.717, 1.165) is 34.3 Å². The standard InChI is InChI=1S/C15H20ClNO3S/c1-4-19-13-7-5-6-12(18-3)11(13)9-21-14-8-15(2,10-16)20-17-14/h5-7H,4,8-10H2,1-3H3. The summed E-state index contributed by atoms with van der Waals surface area (Å²) < 4.78 is 11.1. The molecule has 1 aromatic carbocycles. The van der Waals surface area contributed by atoms with Gasteiger partial charge in [-0.1, -0.05) is 11.2 Å². The van der Waals surface area contributed by atoms with Crippen molar-refractivity contribution in [1.29, 1.82) is 0 Å². The van der Waals surface area contributed by atoms with Crippen molar-refractivity contribution >= 4 is 28.4 Å². The summed E-state index contributed by atoms with van der Waals surface area (Å²) in [6.45, 7) is 4.56. The Morgan fingerprint density at radius 1 is 1.43 bits per heavy atom. The second-order valence-electron chi connectivity index (χ2n) is 5.00. The Morgan fingerprint density at radius 3 is 2.81 bits per heavy atom. The smallest absolute Gasteiger partial charge is 0.154 e. The van der Waals surface area contributed by atoms with Gasteiger partial charge in [-0.2, -0.15) is 0 Å². The van der Waals surface area contributed by atoms with Crippen molar-refractivity contribution < 1.29 is 14.3 Å². The third-order valence-corrected chi connectivity index (χ3v) is 4.72. The van der Waals surface area contributed by atoms with Gasteiger partial charge in [-0.3, -0.25) is 0 Å². The van der Waals surface area contributed by atoms with Crippen molar-refractivity contribution in [1.82, 2.24) is 0 Å². The zero-order valence-electron chi connectivity index (χ0n) is 12.5. The molecule has 0 radical (unpaired) electrons. The molecular formula is C15H20ClNO3S. The first-order valence-corrected chi connectivity index (χ1v) is 8.36. The van der Waals surface area contributed by atoms with Crippen molar-refractivity contribution in [2.75, 3.05) is 19.6 Å². The van der Waals surface area contributed by atoms with Gasteiger partial charge in [-0.15, -0.1) is 23.4 Å². The van der Waals surface area contributed by atoms with Crippen LogP contribution >= 0.6 is 23.4 Å². The van der Waals surface area contributed by atoms with E-state index in [4.69, 9.17) is 25.9 Å². The third-order valence-electron chi connectivity index (χ3n) is 3.17. The first kappa shape index (κ1) is 16.3. The fourth-order valence-electron chi connectivity index (χ4n) is 2.02. The molecular weight excluding hydrogens is 310 g/mol. The van der Waals surface area contributed by atoms with Gasteiger partial charge < -0.3 is 14.3 Å². The summed E-state index contributed by atoms with van der Waals surface area (Å²) in [6, 6.07) is 5.82. The second kappa shape index (κ2) is 7.27. The molecule has 1 atom stereocenters. The van der Waals surface area contributed by atoms with Crippen molar-refractivity contribution in [3.8, 4) is 11.5 Å². The molecule has 21 heavy (non-hydrogen) atoms. The minimum absolute atomic E-state index is 0.382.